The van der Waals surface area contributed by atoms with Gasteiger partial charge in [0.1, 0.15) is 0 Å². The molecule has 4 heteroatoms. The number of hydrogen-bond acceptors (Lipinski definition) is 2. The van der Waals surface area contributed by atoms with Gasteiger partial charge in [0.05, 0.1) is 0 Å². The molecule has 2 rings (SSSR count). The number of hydrogen-bond donors (Lipinski definition) is 2. The quantitative estimate of drug-likeness (QED) is 0.755. The van der Waals surface area contributed by atoms with E-state index < -0.39 is 6.43 Å². The van der Waals surface area contributed by atoms with E-state index >= 15 is 0 Å². The van der Waals surface area contributed by atoms with Gasteiger partial charge in [0.25, 0.3) is 6.43 Å². The zero-order valence-electron chi connectivity index (χ0n) is 9.05. The van der Waals surface area contributed by atoms with E-state index in [1.54, 1.807) is 12.1 Å². The summed E-state index contributed by atoms with van der Waals surface area (Å²) in [5.74, 6) is 0.802. The van der Waals surface area contributed by atoms with Crippen LogP contribution in [0.1, 0.15) is 31.3 Å². The van der Waals surface area contributed by atoms with Crippen LogP contribution >= 0.6 is 0 Å². The van der Waals surface area contributed by atoms with E-state index in [1.807, 2.05) is 0 Å². The molecule has 0 spiro atoms. The largest absolute Gasteiger partial charge is 0.399 e. The highest BCUT2D eigenvalue weighted by Gasteiger charge is 2.20. The number of nitrogens with one attached hydrogen (secondary N) is 1. The van der Waals surface area contributed by atoms with Crippen molar-refractivity contribution in [3.63, 3.8) is 0 Å². The Hall–Kier alpha value is -1.32. The normalized spacial score (nSPS) is 15.4. The average Bonchev–Trinajstić information content (AvgIpc) is 3.04. The van der Waals surface area contributed by atoms with Crippen LogP contribution in [0.3, 0.4) is 0 Å². The summed E-state index contributed by atoms with van der Waals surface area (Å²) in [5.41, 5.74) is 6.37. The summed E-state index contributed by atoms with van der Waals surface area (Å²) in [6.07, 6.45) is 1.15. The molecule has 1 aliphatic rings. The summed E-state index contributed by atoms with van der Waals surface area (Å²) in [4.78, 5) is 0. The van der Waals surface area contributed by atoms with Crippen molar-refractivity contribution in [2.24, 2.45) is 5.92 Å². The monoisotopic (exact) mass is 226 g/mol. The molecule has 0 aliphatic heterocycles. The van der Waals surface area contributed by atoms with Crippen molar-refractivity contribution in [2.45, 2.75) is 25.7 Å². The van der Waals surface area contributed by atoms with Gasteiger partial charge in [-0.1, -0.05) is 12.8 Å². The van der Waals surface area contributed by atoms with Crippen LogP contribution in [0.25, 0.3) is 0 Å². The molecule has 0 unspecified atom stereocenters. The van der Waals surface area contributed by atoms with E-state index in [4.69, 9.17) is 5.73 Å². The molecule has 88 valence electrons. The second kappa shape index (κ2) is 4.68. The Morgan fingerprint density at radius 2 is 2.12 bits per heavy atom. The fourth-order valence-corrected chi connectivity index (χ4v) is 1.74. The van der Waals surface area contributed by atoms with Crippen molar-refractivity contribution < 1.29 is 8.78 Å². The van der Waals surface area contributed by atoms with Crippen molar-refractivity contribution in [1.82, 2.24) is 0 Å². The van der Waals surface area contributed by atoms with Gasteiger partial charge in [0.15, 0.2) is 0 Å². The molecule has 16 heavy (non-hydrogen) atoms. The van der Waals surface area contributed by atoms with Gasteiger partial charge in [-0.25, -0.2) is 8.78 Å². The lowest BCUT2D eigenvalue weighted by Crippen LogP contribution is -2.05. The molecule has 0 radical (unpaired) electrons. The molecule has 0 aromatic heterocycles. The molecule has 0 amide bonds. The minimum atomic E-state index is -2.48. The van der Waals surface area contributed by atoms with Crippen LogP contribution in [0.2, 0.25) is 0 Å². The van der Waals surface area contributed by atoms with Crippen LogP contribution in [-0.2, 0) is 0 Å². The second-order valence-electron chi connectivity index (χ2n) is 4.31. The fraction of sp³-hybridized carbons (Fsp3) is 0.500. The predicted molar refractivity (Wildman–Crippen MR) is 61.6 cm³/mol. The first-order valence-corrected chi connectivity index (χ1v) is 5.58. The standard InChI is InChI=1S/C12H16F2N2/c13-12(14)10-7-9(15)3-4-11(10)16-6-5-8-1-2-8/h3-4,7-8,12,16H,1-2,5-6,15H2. The third kappa shape index (κ3) is 2.84. The maximum Gasteiger partial charge on any atom is 0.265 e. The first-order chi connectivity index (χ1) is 7.66. The molecule has 0 atom stereocenters. The number of benzene rings is 1. The molecular formula is C12H16F2N2. The van der Waals surface area contributed by atoms with Crippen LogP contribution in [0, 0.1) is 5.92 Å². The number of halogens is 2. The SMILES string of the molecule is Nc1ccc(NCCC2CC2)c(C(F)F)c1. The van der Waals surface area contributed by atoms with Gasteiger partial charge in [0, 0.05) is 23.5 Å². The van der Waals surface area contributed by atoms with Gasteiger partial charge in [-0.15, -0.1) is 0 Å². The Balaban J connectivity index is 1.99. The molecule has 0 saturated heterocycles. The third-order valence-corrected chi connectivity index (χ3v) is 2.88. The summed E-state index contributed by atoms with van der Waals surface area (Å²) < 4.78 is 25.4. The predicted octanol–water partition coefficient (Wildman–Crippen LogP) is 3.42. The van der Waals surface area contributed by atoms with Gasteiger partial charge >= 0.3 is 0 Å². The lowest BCUT2D eigenvalue weighted by molar-refractivity contribution is 0.152. The summed E-state index contributed by atoms with van der Waals surface area (Å²) in [6, 6.07) is 4.61. The minimum Gasteiger partial charge on any atom is -0.399 e. The van der Waals surface area contributed by atoms with E-state index in [9.17, 15) is 8.78 Å². The van der Waals surface area contributed by atoms with Gasteiger partial charge in [-0.05, 0) is 30.5 Å². The number of rotatable bonds is 5. The molecule has 2 nitrogen and oxygen atoms in total. The fourth-order valence-electron chi connectivity index (χ4n) is 1.74. The maximum atomic E-state index is 12.7. The number of nitrogen functional groups attached to an aromatic ring is 1. The molecule has 1 aromatic rings. The molecule has 0 heterocycles. The first-order valence-electron chi connectivity index (χ1n) is 5.58. The van der Waals surface area contributed by atoms with Crippen molar-refractivity contribution in [2.75, 3.05) is 17.6 Å². The smallest absolute Gasteiger partial charge is 0.265 e. The molecule has 0 bridgehead atoms. The topological polar surface area (TPSA) is 38.0 Å². The first kappa shape index (κ1) is 11.2. The van der Waals surface area contributed by atoms with Gasteiger partial charge < -0.3 is 11.1 Å². The number of anilines is 2. The van der Waals surface area contributed by atoms with Crippen LogP contribution in [-0.4, -0.2) is 6.54 Å². The molecular weight excluding hydrogens is 210 g/mol. The van der Waals surface area contributed by atoms with Crippen molar-refractivity contribution in [3.8, 4) is 0 Å². The Morgan fingerprint density at radius 3 is 2.75 bits per heavy atom. The third-order valence-electron chi connectivity index (χ3n) is 2.88. The second-order valence-corrected chi connectivity index (χ2v) is 4.31. The van der Waals surface area contributed by atoms with Gasteiger partial charge in [-0.2, -0.15) is 0 Å². The molecule has 1 aliphatic carbocycles. The van der Waals surface area contributed by atoms with Crippen LogP contribution in [0.5, 0.6) is 0 Å². The van der Waals surface area contributed by atoms with E-state index in [1.165, 1.54) is 18.9 Å². The molecule has 1 saturated carbocycles. The Bertz CT molecular complexity index is 362. The van der Waals surface area contributed by atoms with E-state index in [0.29, 0.717) is 11.4 Å². The van der Waals surface area contributed by atoms with Gasteiger partial charge in [-0.3, -0.25) is 0 Å². The summed E-state index contributed by atoms with van der Waals surface area (Å²) in [7, 11) is 0. The lowest BCUT2D eigenvalue weighted by atomic mass is 10.1. The van der Waals surface area contributed by atoms with Crippen LogP contribution in [0.4, 0.5) is 20.2 Å². The Morgan fingerprint density at radius 1 is 1.38 bits per heavy atom. The van der Waals surface area contributed by atoms with Crippen LogP contribution in [0.15, 0.2) is 18.2 Å². The Labute approximate surface area is 93.8 Å². The van der Waals surface area contributed by atoms with E-state index in [0.717, 1.165) is 18.9 Å². The van der Waals surface area contributed by atoms with Crippen LogP contribution < -0.4 is 11.1 Å². The highest BCUT2D eigenvalue weighted by Crippen LogP contribution is 2.33. The number of nitrogens with two attached hydrogens (primary N) is 1. The van der Waals surface area contributed by atoms with Crippen molar-refractivity contribution in [3.05, 3.63) is 23.8 Å². The van der Waals surface area contributed by atoms with E-state index in [2.05, 4.69) is 5.32 Å². The van der Waals surface area contributed by atoms with Crippen molar-refractivity contribution >= 4 is 11.4 Å². The highest BCUT2D eigenvalue weighted by atomic mass is 19.3. The zero-order valence-corrected chi connectivity index (χ0v) is 9.05. The van der Waals surface area contributed by atoms with Gasteiger partial charge in [0.2, 0.25) is 0 Å². The lowest BCUT2D eigenvalue weighted by Gasteiger charge is -2.12. The molecule has 3 N–H and O–H groups in total. The Kier molecular flexibility index (Phi) is 3.27. The zero-order chi connectivity index (χ0) is 11.5. The highest BCUT2D eigenvalue weighted by molar-refractivity contribution is 5.58. The number of alkyl halides is 2. The summed E-state index contributed by atoms with van der Waals surface area (Å²) in [6.45, 7) is 0.758. The molecule has 1 fully saturated rings. The minimum absolute atomic E-state index is 0.00389. The van der Waals surface area contributed by atoms with E-state index in [-0.39, 0.29) is 5.56 Å². The molecule has 1 aromatic carbocycles. The average molecular weight is 226 g/mol. The summed E-state index contributed by atoms with van der Waals surface area (Å²) in [5, 5.41) is 3.06. The maximum absolute atomic E-state index is 12.7. The summed E-state index contributed by atoms with van der Waals surface area (Å²) >= 11 is 0. The van der Waals surface area contributed by atoms with Crippen molar-refractivity contribution in [1.29, 1.82) is 0 Å².